The second-order valence-corrected chi connectivity index (χ2v) is 4.41. The molecule has 94 valence electrons. The van der Waals surface area contributed by atoms with Crippen molar-refractivity contribution in [3.63, 3.8) is 0 Å². The maximum absolute atomic E-state index is 12.4. The number of fused-ring (bicyclic) bond motifs is 2. The number of nitrogens with zero attached hydrogens (tertiary/aromatic N) is 1. The number of benzene rings is 2. The van der Waals surface area contributed by atoms with Gasteiger partial charge in [0.25, 0.3) is 0 Å². The van der Waals surface area contributed by atoms with E-state index >= 15 is 0 Å². The van der Waals surface area contributed by atoms with E-state index in [0.29, 0.717) is 16.3 Å². The summed E-state index contributed by atoms with van der Waals surface area (Å²) in [5.74, 6) is -1.03. The van der Waals surface area contributed by atoms with E-state index in [0.717, 1.165) is 5.52 Å². The Bertz CT molecular complexity index is 878. The third-order valence-corrected chi connectivity index (χ3v) is 3.36. The van der Waals surface area contributed by atoms with Gasteiger partial charge in [-0.15, -0.1) is 0 Å². The fourth-order valence-electron chi connectivity index (χ4n) is 2.48. The molecule has 1 aromatic heterocycles. The molecular formula is C15H11NO3. The van der Waals surface area contributed by atoms with Gasteiger partial charge in [0.15, 0.2) is 5.43 Å². The Labute approximate surface area is 108 Å². The first kappa shape index (κ1) is 11.5. The van der Waals surface area contributed by atoms with Crippen LogP contribution in [0.1, 0.15) is 10.4 Å². The molecule has 0 amide bonds. The summed E-state index contributed by atoms with van der Waals surface area (Å²) in [5, 5.41) is 10.3. The van der Waals surface area contributed by atoms with E-state index in [9.17, 15) is 14.7 Å². The molecule has 0 aliphatic carbocycles. The molecule has 0 unspecified atom stereocenters. The summed E-state index contributed by atoms with van der Waals surface area (Å²) in [6.07, 6.45) is 0. The van der Waals surface area contributed by atoms with Crippen LogP contribution in [-0.2, 0) is 7.05 Å². The summed E-state index contributed by atoms with van der Waals surface area (Å²) in [5.41, 5.74) is 1.20. The smallest absolute Gasteiger partial charge is 0.337 e. The van der Waals surface area contributed by atoms with Crippen molar-refractivity contribution >= 4 is 27.8 Å². The molecule has 0 aliphatic heterocycles. The maximum atomic E-state index is 12.4. The molecule has 0 saturated heterocycles. The van der Waals surface area contributed by atoms with Gasteiger partial charge in [-0.1, -0.05) is 18.2 Å². The lowest BCUT2D eigenvalue weighted by atomic mass is 10.1. The highest BCUT2D eigenvalue weighted by Gasteiger charge is 2.14. The van der Waals surface area contributed by atoms with E-state index in [2.05, 4.69) is 0 Å². The number of aromatic nitrogens is 1. The molecule has 1 N–H and O–H groups in total. The van der Waals surface area contributed by atoms with Crippen molar-refractivity contribution in [1.29, 1.82) is 0 Å². The molecule has 19 heavy (non-hydrogen) atoms. The molecule has 0 atom stereocenters. The normalized spacial score (nSPS) is 11.0. The van der Waals surface area contributed by atoms with Gasteiger partial charge in [0.05, 0.1) is 16.6 Å². The van der Waals surface area contributed by atoms with Crippen LogP contribution in [0.15, 0.2) is 47.3 Å². The van der Waals surface area contributed by atoms with Crippen molar-refractivity contribution in [2.24, 2.45) is 7.05 Å². The Balaban J connectivity index is 2.68. The number of carboxylic acids is 1. The van der Waals surface area contributed by atoms with Crippen molar-refractivity contribution in [2.75, 3.05) is 0 Å². The van der Waals surface area contributed by atoms with E-state index in [1.54, 1.807) is 35.9 Å². The number of hydrogen-bond acceptors (Lipinski definition) is 2. The van der Waals surface area contributed by atoms with Crippen molar-refractivity contribution in [1.82, 2.24) is 4.57 Å². The number of hydrogen-bond donors (Lipinski definition) is 1. The molecule has 2 aromatic carbocycles. The molecule has 0 bridgehead atoms. The Morgan fingerprint density at radius 3 is 2.47 bits per heavy atom. The zero-order valence-electron chi connectivity index (χ0n) is 10.3. The monoisotopic (exact) mass is 253 g/mol. The lowest BCUT2D eigenvalue weighted by molar-refractivity contribution is 0.0698. The summed E-state index contributed by atoms with van der Waals surface area (Å²) in [6.45, 7) is 0. The van der Waals surface area contributed by atoms with Crippen LogP contribution < -0.4 is 5.43 Å². The number of pyridine rings is 1. The molecule has 3 rings (SSSR count). The number of aryl methyl sites for hydroxylation is 1. The van der Waals surface area contributed by atoms with Crippen LogP contribution >= 0.6 is 0 Å². The van der Waals surface area contributed by atoms with Gasteiger partial charge in [-0.25, -0.2) is 4.79 Å². The first-order valence-corrected chi connectivity index (χ1v) is 5.85. The molecule has 0 saturated carbocycles. The third-order valence-electron chi connectivity index (χ3n) is 3.36. The summed E-state index contributed by atoms with van der Waals surface area (Å²) in [4.78, 5) is 23.7. The Morgan fingerprint density at radius 2 is 1.74 bits per heavy atom. The molecule has 4 nitrogen and oxygen atoms in total. The number of para-hydroxylation sites is 2. The Morgan fingerprint density at radius 1 is 1.05 bits per heavy atom. The highest BCUT2D eigenvalue weighted by molar-refractivity contribution is 6.05. The minimum atomic E-state index is -1.03. The molecule has 3 aromatic rings. The standard InChI is InChI=1S/C15H11NO3/c1-16-12-8-3-2-5-9(12)14(17)10-6-4-7-11(13(10)16)15(18)19/h2-8H,1H3,(H,18,19). The van der Waals surface area contributed by atoms with Gasteiger partial charge in [-0.3, -0.25) is 4.79 Å². The molecule has 0 aliphatic rings. The van der Waals surface area contributed by atoms with Crippen molar-refractivity contribution in [2.45, 2.75) is 0 Å². The van der Waals surface area contributed by atoms with Gasteiger partial charge < -0.3 is 9.67 Å². The summed E-state index contributed by atoms with van der Waals surface area (Å²) >= 11 is 0. The molecule has 4 heteroatoms. The lowest BCUT2D eigenvalue weighted by Crippen LogP contribution is -2.12. The first-order valence-electron chi connectivity index (χ1n) is 5.85. The number of aromatic carboxylic acids is 1. The SMILES string of the molecule is Cn1c2ccccc2c(=O)c2cccc(C(=O)O)c21. The van der Waals surface area contributed by atoms with Gasteiger partial charge in [-0.2, -0.15) is 0 Å². The Hall–Kier alpha value is -2.62. The van der Waals surface area contributed by atoms with Crippen LogP contribution in [-0.4, -0.2) is 15.6 Å². The van der Waals surface area contributed by atoms with Crippen molar-refractivity contribution < 1.29 is 9.90 Å². The van der Waals surface area contributed by atoms with E-state index < -0.39 is 5.97 Å². The minimum absolute atomic E-state index is 0.133. The molecule has 0 spiro atoms. The van der Waals surface area contributed by atoms with Gasteiger partial charge in [0.2, 0.25) is 0 Å². The number of rotatable bonds is 1. The largest absolute Gasteiger partial charge is 0.478 e. The topological polar surface area (TPSA) is 59.3 Å². The molecular weight excluding hydrogens is 242 g/mol. The third kappa shape index (κ3) is 1.53. The second-order valence-electron chi connectivity index (χ2n) is 4.41. The summed E-state index contributed by atoms with van der Waals surface area (Å²) < 4.78 is 1.76. The van der Waals surface area contributed by atoms with Gasteiger partial charge in [0, 0.05) is 17.8 Å². The molecule has 0 radical (unpaired) electrons. The van der Waals surface area contributed by atoms with Crippen molar-refractivity contribution in [3.8, 4) is 0 Å². The predicted molar refractivity (Wildman–Crippen MR) is 73.7 cm³/mol. The fourth-order valence-corrected chi connectivity index (χ4v) is 2.48. The van der Waals surface area contributed by atoms with Crippen LogP contribution in [0.25, 0.3) is 21.8 Å². The summed E-state index contributed by atoms with van der Waals surface area (Å²) in [7, 11) is 1.77. The maximum Gasteiger partial charge on any atom is 0.337 e. The predicted octanol–water partition coefficient (Wildman–Crippen LogP) is 2.39. The van der Waals surface area contributed by atoms with E-state index in [-0.39, 0.29) is 11.0 Å². The van der Waals surface area contributed by atoms with Crippen LogP contribution in [0.5, 0.6) is 0 Å². The van der Waals surface area contributed by atoms with E-state index in [1.165, 1.54) is 6.07 Å². The van der Waals surface area contributed by atoms with E-state index in [4.69, 9.17) is 0 Å². The average Bonchev–Trinajstić information content (AvgIpc) is 2.44. The molecule has 1 heterocycles. The van der Waals surface area contributed by atoms with Gasteiger partial charge in [0.1, 0.15) is 0 Å². The lowest BCUT2D eigenvalue weighted by Gasteiger charge is -2.12. The minimum Gasteiger partial charge on any atom is -0.478 e. The van der Waals surface area contributed by atoms with Crippen LogP contribution in [0.3, 0.4) is 0 Å². The van der Waals surface area contributed by atoms with Gasteiger partial charge in [-0.05, 0) is 24.3 Å². The second kappa shape index (κ2) is 3.95. The van der Waals surface area contributed by atoms with E-state index in [1.807, 2.05) is 12.1 Å². The fraction of sp³-hybridized carbons (Fsp3) is 0.0667. The zero-order chi connectivity index (χ0) is 13.6. The van der Waals surface area contributed by atoms with Crippen molar-refractivity contribution in [3.05, 3.63) is 58.3 Å². The number of carbonyl (C=O) groups is 1. The van der Waals surface area contributed by atoms with Crippen LogP contribution in [0.4, 0.5) is 0 Å². The average molecular weight is 253 g/mol. The quantitative estimate of drug-likeness (QED) is 0.677. The van der Waals surface area contributed by atoms with Crippen LogP contribution in [0.2, 0.25) is 0 Å². The Kier molecular flexibility index (Phi) is 2.38. The molecule has 0 fully saturated rings. The zero-order valence-corrected chi connectivity index (χ0v) is 10.3. The number of carboxylic acid groups (broad SMARTS) is 1. The first-order chi connectivity index (χ1) is 9.11. The highest BCUT2D eigenvalue weighted by Crippen LogP contribution is 2.21. The van der Waals surface area contributed by atoms with Gasteiger partial charge >= 0.3 is 5.97 Å². The highest BCUT2D eigenvalue weighted by atomic mass is 16.4. The summed E-state index contributed by atoms with van der Waals surface area (Å²) in [6, 6.07) is 12.0. The van der Waals surface area contributed by atoms with Crippen LogP contribution in [0, 0.1) is 0 Å².